The highest BCUT2D eigenvalue weighted by Gasteiger charge is 2.29. The zero-order chi connectivity index (χ0) is 21.6. The number of ether oxygens (including phenoxy) is 2. The number of nitrogens with one attached hydrogen (secondary N) is 1. The molecule has 0 unspecified atom stereocenters. The summed E-state index contributed by atoms with van der Waals surface area (Å²) in [6.07, 6.45) is 2.35. The molecule has 2 saturated heterocycles. The second-order valence-electron chi connectivity index (χ2n) is 8.88. The molecule has 9 heteroatoms. The highest BCUT2D eigenvalue weighted by molar-refractivity contribution is 7.09. The van der Waals surface area contributed by atoms with Crippen LogP contribution in [0.1, 0.15) is 61.4 Å². The first-order valence-electron chi connectivity index (χ1n) is 10.8. The first-order chi connectivity index (χ1) is 14.3. The minimum absolute atomic E-state index is 0.106. The third kappa shape index (κ3) is 6.92. The van der Waals surface area contributed by atoms with E-state index in [9.17, 15) is 9.59 Å². The van der Waals surface area contributed by atoms with Crippen LogP contribution in [0.15, 0.2) is 5.38 Å². The fraction of sp³-hybridized carbons (Fsp3) is 0.762. The van der Waals surface area contributed by atoms with Crippen LogP contribution in [0.5, 0.6) is 0 Å². The van der Waals surface area contributed by atoms with E-state index < -0.39 is 5.60 Å². The smallest absolute Gasteiger partial charge is 0.410 e. The third-order valence-electron chi connectivity index (χ3n) is 5.29. The summed E-state index contributed by atoms with van der Waals surface area (Å²) in [5, 5.41) is 5.80. The summed E-state index contributed by atoms with van der Waals surface area (Å²) in [7, 11) is 0. The van der Waals surface area contributed by atoms with Gasteiger partial charge >= 0.3 is 6.09 Å². The number of rotatable bonds is 6. The Hall–Kier alpha value is -1.71. The Balaban J connectivity index is 1.39. The van der Waals surface area contributed by atoms with E-state index >= 15 is 0 Å². The van der Waals surface area contributed by atoms with Gasteiger partial charge in [0.2, 0.25) is 0 Å². The van der Waals surface area contributed by atoms with E-state index in [4.69, 9.17) is 9.47 Å². The monoisotopic (exact) mass is 438 g/mol. The van der Waals surface area contributed by atoms with E-state index in [1.165, 1.54) is 11.3 Å². The highest BCUT2D eigenvalue weighted by atomic mass is 32.1. The average molecular weight is 439 g/mol. The molecule has 1 aromatic rings. The standard InChI is InChI=1S/C21H34N4O4S/c1-21(2,3)29-20(27)25-9-5-16(6-10-25)19-23-17(15-30-19)18(26)22-7-4-8-24-11-13-28-14-12-24/h15-16H,4-14H2,1-3H3,(H,22,26). The number of hydrogen-bond donors (Lipinski definition) is 1. The van der Waals surface area contributed by atoms with Gasteiger partial charge in [0.1, 0.15) is 11.3 Å². The van der Waals surface area contributed by atoms with Crippen molar-refractivity contribution in [2.45, 2.75) is 51.6 Å². The van der Waals surface area contributed by atoms with Gasteiger partial charge in [-0.3, -0.25) is 9.69 Å². The Bertz CT molecular complexity index is 704. The van der Waals surface area contributed by atoms with Gasteiger partial charge in [-0.25, -0.2) is 9.78 Å². The molecule has 0 spiro atoms. The van der Waals surface area contributed by atoms with Crippen molar-refractivity contribution in [1.29, 1.82) is 0 Å². The predicted octanol–water partition coefficient (Wildman–Crippen LogP) is 2.71. The van der Waals surface area contributed by atoms with E-state index in [2.05, 4.69) is 15.2 Å². The lowest BCUT2D eigenvalue weighted by atomic mass is 9.98. The zero-order valence-electron chi connectivity index (χ0n) is 18.3. The molecule has 1 aromatic heterocycles. The van der Waals surface area contributed by atoms with Crippen molar-refractivity contribution in [3.63, 3.8) is 0 Å². The van der Waals surface area contributed by atoms with E-state index in [-0.39, 0.29) is 17.9 Å². The normalized spacial score (nSPS) is 19.0. The van der Waals surface area contributed by atoms with E-state index in [0.717, 1.165) is 57.1 Å². The maximum absolute atomic E-state index is 12.4. The van der Waals surface area contributed by atoms with Gasteiger partial charge in [0.15, 0.2) is 0 Å². The molecular formula is C21H34N4O4S. The molecule has 0 aromatic carbocycles. The van der Waals surface area contributed by atoms with Gasteiger partial charge in [0, 0.05) is 44.0 Å². The van der Waals surface area contributed by atoms with Gasteiger partial charge in [-0.05, 0) is 46.6 Å². The molecular weight excluding hydrogens is 404 g/mol. The molecule has 2 aliphatic rings. The summed E-state index contributed by atoms with van der Waals surface area (Å²) in [6.45, 7) is 12.1. The molecule has 2 fully saturated rings. The van der Waals surface area contributed by atoms with Gasteiger partial charge < -0.3 is 19.7 Å². The number of amides is 2. The minimum atomic E-state index is -0.478. The molecule has 0 bridgehead atoms. The molecule has 30 heavy (non-hydrogen) atoms. The largest absolute Gasteiger partial charge is 0.444 e. The highest BCUT2D eigenvalue weighted by Crippen LogP contribution is 2.30. The van der Waals surface area contributed by atoms with Crippen molar-refractivity contribution in [3.05, 3.63) is 16.1 Å². The summed E-state index contributed by atoms with van der Waals surface area (Å²) >= 11 is 1.54. The lowest BCUT2D eigenvalue weighted by molar-refractivity contribution is 0.0204. The van der Waals surface area contributed by atoms with Crippen LogP contribution in [0.25, 0.3) is 0 Å². The Morgan fingerprint density at radius 1 is 1.23 bits per heavy atom. The van der Waals surface area contributed by atoms with Crippen molar-refractivity contribution in [2.75, 3.05) is 52.5 Å². The first kappa shape index (κ1) is 23.0. The number of piperidine rings is 1. The number of morpholine rings is 1. The van der Waals surface area contributed by atoms with Crippen LogP contribution in [-0.4, -0.2) is 84.9 Å². The molecule has 2 amide bonds. The molecule has 8 nitrogen and oxygen atoms in total. The fourth-order valence-electron chi connectivity index (χ4n) is 3.63. The van der Waals surface area contributed by atoms with Gasteiger partial charge in [-0.15, -0.1) is 11.3 Å². The summed E-state index contributed by atoms with van der Waals surface area (Å²) in [5.74, 6) is 0.183. The molecule has 0 aliphatic carbocycles. The van der Waals surface area contributed by atoms with Crippen LogP contribution >= 0.6 is 11.3 Å². The number of hydrogen-bond acceptors (Lipinski definition) is 7. The van der Waals surface area contributed by atoms with Crippen molar-refractivity contribution < 1.29 is 19.1 Å². The van der Waals surface area contributed by atoms with Crippen LogP contribution in [0.3, 0.4) is 0 Å². The molecule has 0 saturated carbocycles. The topological polar surface area (TPSA) is 84.0 Å². The van der Waals surface area contributed by atoms with Crippen LogP contribution in [0.2, 0.25) is 0 Å². The van der Waals surface area contributed by atoms with Crippen LogP contribution in [0.4, 0.5) is 4.79 Å². The van der Waals surface area contributed by atoms with E-state index in [1.807, 2.05) is 26.2 Å². The minimum Gasteiger partial charge on any atom is -0.444 e. The van der Waals surface area contributed by atoms with Gasteiger partial charge in [-0.1, -0.05) is 0 Å². The van der Waals surface area contributed by atoms with Crippen LogP contribution < -0.4 is 5.32 Å². The van der Waals surface area contributed by atoms with Gasteiger partial charge in [0.25, 0.3) is 5.91 Å². The predicted molar refractivity (Wildman–Crippen MR) is 116 cm³/mol. The SMILES string of the molecule is CC(C)(C)OC(=O)N1CCC(c2nc(C(=O)NCCCN3CCOCC3)cs2)CC1. The number of nitrogens with zero attached hydrogens (tertiary/aromatic N) is 3. The molecule has 0 radical (unpaired) electrons. The molecule has 168 valence electrons. The summed E-state index contributed by atoms with van der Waals surface area (Å²) in [4.78, 5) is 33.3. The van der Waals surface area contributed by atoms with Crippen LogP contribution in [-0.2, 0) is 9.47 Å². The number of carbonyl (C=O) groups is 2. The second kappa shape index (κ2) is 10.5. The molecule has 2 aliphatic heterocycles. The molecule has 3 heterocycles. The maximum Gasteiger partial charge on any atom is 0.410 e. The molecule has 1 N–H and O–H groups in total. The quantitative estimate of drug-likeness (QED) is 0.688. The summed E-state index contributed by atoms with van der Waals surface area (Å²) in [6, 6.07) is 0. The summed E-state index contributed by atoms with van der Waals surface area (Å²) < 4.78 is 10.8. The van der Waals surface area contributed by atoms with Crippen molar-refractivity contribution in [3.8, 4) is 0 Å². The summed E-state index contributed by atoms with van der Waals surface area (Å²) in [5.41, 5.74) is 0.0178. The van der Waals surface area contributed by atoms with Crippen molar-refractivity contribution in [1.82, 2.24) is 20.1 Å². The lowest BCUT2D eigenvalue weighted by Gasteiger charge is -2.32. The second-order valence-corrected chi connectivity index (χ2v) is 9.77. The fourth-order valence-corrected chi connectivity index (χ4v) is 4.61. The van der Waals surface area contributed by atoms with Gasteiger partial charge in [0.05, 0.1) is 18.2 Å². The van der Waals surface area contributed by atoms with E-state index in [1.54, 1.807) is 4.90 Å². The Morgan fingerprint density at radius 3 is 2.60 bits per heavy atom. The number of aromatic nitrogens is 1. The number of carbonyl (C=O) groups excluding carboxylic acids is 2. The maximum atomic E-state index is 12.4. The van der Waals surface area contributed by atoms with Crippen molar-refractivity contribution >= 4 is 23.3 Å². The number of thiazole rings is 1. The van der Waals surface area contributed by atoms with Gasteiger partial charge in [-0.2, -0.15) is 0 Å². The Morgan fingerprint density at radius 2 is 1.93 bits per heavy atom. The Labute approximate surface area is 182 Å². The molecule has 3 rings (SSSR count). The van der Waals surface area contributed by atoms with Crippen molar-refractivity contribution in [2.24, 2.45) is 0 Å². The third-order valence-corrected chi connectivity index (χ3v) is 6.30. The lowest BCUT2D eigenvalue weighted by Crippen LogP contribution is -2.41. The Kier molecular flexibility index (Phi) is 8.07. The van der Waals surface area contributed by atoms with Crippen LogP contribution in [0, 0.1) is 0 Å². The number of likely N-dealkylation sites (tertiary alicyclic amines) is 1. The zero-order valence-corrected chi connectivity index (χ0v) is 19.1. The molecule has 0 atom stereocenters. The van der Waals surface area contributed by atoms with E-state index in [0.29, 0.717) is 25.3 Å². The first-order valence-corrected chi connectivity index (χ1v) is 11.7. The average Bonchev–Trinajstić information content (AvgIpc) is 3.21.